The highest BCUT2D eigenvalue weighted by molar-refractivity contribution is 6.22. The maximum absolute atomic E-state index is 12.8. The van der Waals surface area contributed by atoms with Gasteiger partial charge < -0.3 is 9.51 Å². The van der Waals surface area contributed by atoms with Gasteiger partial charge in [-0.25, -0.2) is 4.98 Å². The highest BCUT2D eigenvalue weighted by Crippen LogP contribution is 2.74. The number of Topliss-reactive ketones (excluding diaryl/α,β-unsaturated/α-hetero) is 1. The third kappa shape index (κ3) is 1.71. The average molecular weight is 371 g/mol. The molecule has 5 heteroatoms. The zero-order chi connectivity index (χ0) is 18.8. The fourth-order valence-corrected chi connectivity index (χ4v) is 5.95. The molecular formula is C23H21N3O2. The quantitative estimate of drug-likeness (QED) is 0.714. The van der Waals surface area contributed by atoms with E-state index in [4.69, 9.17) is 9.51 Å². The van der Waals surface area contributed by atoms with Crippen LogP contribution in [0.1, 0.15) is 60.9 Å². The number of aromatic amines is 1. The molecule has 1 N–H and O–H groups in total. The third-order valence-electron chi connectivity index (χ3n) is 7.44. The number of allylic oxidation sites excluding steroid dienone is 2. The fraction of sp³-hybridized carbons (Fsp3) is 0.435. The first-order valence-corrected chi connectivity index (χ1v) is 10.3. The minimum atomic E-state index is 0.0603. The molecule has 0 radical (unpaired) electrons. The lowest BCUT2D eigenvalue weighted by molar-refractivity contribution is -0.118. The Morgan fingerprint density at radius 1 is 1.14 bits per heavy atom. The second kappa shape index (κ2) is 4.65. The van der Waals surface area contributed by atoms with Crippen LogP contribution in [-0.2, 0) is 4.79 Å². The van der Waals surface area contributed by atoms with Crippen molar-refractivity contribution >= 4 is 22.4 Å². The smallest absolute Gasteiger partial charge is 0.163 e. The van der Waals surface area contributed by atoms with Crippen LogP contribution in [0.25, 0.3) is 27.7 Å². The maximum Gasteiger partial charge on any atom is 0.163 e. The SMILES string of the molecule is Cc1noc(C)c1-c1cc(C2=C3C(=O)C4CCC32C4)c2nc(C3CC3)[nH]c2c1. The van der Waals surface area contributed by atoms with Crippen LogP contribution < -0.4 is 0 Å². The number of carbonyl (C=O) groups excluding carboxylic acids is 1. The lowest BCUT2D eigenvalue weighted by Gasteiger charge is -2.11. The largest absolute Gasteiger partial charge is 0.361 e. The van der Waals surface area contributed by atoms with Crippen molar-refractivity contribution < 1.29 is 9.32 Å². The second-order valence-corrected chi connectivity index (χ2v) is 9.15. The molecule has 140 valence electrons. The Morgan fingerprint density at radius 3 is 2.68 bits per heavy atom. The van der Waals surface area contributed by atoms with Crippen LogP contribution in [0, 0.1) is 25.2 Å². The topological polar surface area (TPSA) is 71.8 Å². The minimum Gasteiger partial charge on any atom is -0.361 e. The van der Waals surface area contributed by atoms with Crippen molar-refractivity contribution in [3.8, 4) is 11.1 Å². The molecule has 28 heavy (non-hydrogen) atoms. The first kappa shape index (κ1) is 15.3. The van der Waals surface area contributed by atoms with Crippen LogP contribution in [0.3, 0.4) is 0 Å². The summed E-state index contributed by atoms with van der Waals surface area (Å²) in [5.74, 6) is 3.16. The number of fused-ring (bicyclic) bond motifs is 2. The molecule has 2 bridgehead atoms. The lowest BCUT2D eigenvalue weighted by atomic mass is 9.92. The number of aromatic nitrogens is 3. The van der Waals surface area contributed by atoms with Crippen LogP contribution in [-0.4, -0.2) is 20.9 Å². The molecular weight excluding hydrogens is 350 g/mol. The van der Waals surface area contributed by atoms with E-state index in [0.29, 0.717) is 11.7 Å². The molecule has 4 aliphatic carbocycles. The Morgan fingerprint density at radius 2 is 2.00 bits per heavy atom. The molecule has 2 aromatic heterocycles. The minimum absolute atomic E-state index is 0.0603. The molecule has 3 fully saturated rings. The molecule has 7 rings (SSSR count). The average Bonchev–Trinajstić information content (AvgIpc) is 3.42. The normalized spacial score (nSPS) is 27.9. The van der Waals surface area contributed by atoms with E-state index in [9.17, 15) is 4.79 Å². The van der Waals surface area contributed by atoms with Gasteiger partial charge in [-0.05, 0) is 69.2 Å². The lowest BCUT2D eigenvalue weighted by Crippen LogP contribution is -2.07. The summed E-state index contributed by atoms with van der Waals surface area (Å²) in [6.07, 6.45) is 5.62. The number of rotatable bonds is 3. The van der Waals surface area contributed by atoms with E-state index >= 15 is 0 Å². The standard InChI is InChI=1S/C23H21N3O2/c1-10-17(11(2)28-26-10)14-7-15(18-19-21(27)13-5-6-23(18,19)9-13)20-16(8-14)24-22(25-20)12-3-4-12/h7-8,12-13H,3-6,9H2,1-2H3,(H,24,25). The summed E-state index contributed by atoms with van der Waals surface area (Å²) in [7, 11) is 0. The summed E-state index contributed by atoms with van der Waals surface area (Å²) in [5.41, 5.74) is 8.73. The Bertz CT molecular complexity index is 1240. The zero-order valence-electron chi connectivity index (χ0n) is 16.1. The summed E-state index contributed by atoms with van der Waals surface area (Å²) in [6, 6.07) is 4.40. The van der Waals surface area contributed by atoms with E-state index in [1.54, 1.807) is 0 Å². The number of ketones is 1. The Balaban J connectivity index is 1.50. The summed E-state index contributed by atoms with van der Waals surface area (Å²) < 4.78 is 5.43. The number of nitrogens with one attached hydrogen (secondary N) is 1. The van der Waals surface area contributed by atoms with E-state index < -0.39 is 0 Å². The monoisotopic (exact) mass is 371 g/mol. The van der Waals surface area contributed by atoms with Crippen LogP contribution in [0.5, 0.6) is 0 Å². The third-order valence-corrected chi connectivity index (χ3v) is 7.44. The van der Waals surface area contributed by atoms with Gasteiger partial charge in [0.1, 0.15) is 11.6 Å². The van der Waals surface area contributed by atoms with Gasteiger partial charge in [0.15, 0.2) is 5.78 Å². The van der Waals surface area contributed by atoms with Crippen LogP contribution in [0.2, 0.25) is 0 Å². The van der Waals surface area contributed by atoms with E-state index in [0.717, 1.165) is 69.8 Å². The fourth-order valence-electron chi connectivity index (χ4n) is 5.95. The summed E-state index contributed by atoms with van der Waals surface area (Å²) in [6.45, 7) is 3.94. The molecule has 3 saturated carbocycles. The molecule has 1 aromatic carbocycles. The molecule has 0 amide bonds. The molecule has 1 spiro atoms. The Kier molecular flexibility index (Phi) is 2.53. The van der Waals surface area contributed by atoms with Gasteiger partial charge in [-0.1, -0.05) is 5.16 Å². The number of aryl methyl sites for hydroxylation is 2. The van der Waals surface area contributed by atoms with Crippen molar-refractivity contribution in [1.82, 2.24) is 15.1 Å². The predicted molar refractivity (Wildman–Crippen MR) is 105 cm³/mol. The zero-order valence-corrected chi connectivity index (χ0v) is 16.1. The van der Waals surface area contributed by atoms with Gasteiger partial charge in [0.05, 0.1) is 16.7 Å². The molecule has 0 saturated heterocycles. The summed E-state index contributed by atoms with van der Waals surface area (Å²) in [5, 5.41) is 4.15. The van der Waals surface area contributed by atoms with E-state index in [-0.39, 0.29) is 11.3 Å². The summed E-state index contributed by atoms with van der Waals surface area (Å²) >= 11 is 0. The van der Waals surface area contributed by atoms with Crippen LogP contribution in [0.4, 0.5) is 0 Å². The van der Waals surface area contributed by atoms with Gasteiger partial charge in [0.2, 0.25) is 0 Å². The molecule has 0 aliphatic heterocycles. The molecule has 5 nitrogen and oxygen atoms in total. The van der Waals surface area contributed by atoms with Crippen molar-refractivity contribution in [3.63, 3.8) is 0 Å². The van der Waals surface area contributed by atoms with Gasteiger partial charge in [-0.2, -0.15) is 0 Å². The summed E-state index contributed by atoms with van der Waals surface area (Å²) in [4.78, 5) is 21.3. The number of imidazole rings is 1. The molecule has 2 atom stereocenters. The highest BCUT2D eigenvalue weighted by atomic mass is 16.5. The van der Waals surface area contributed by atoms with Crippen molar-refractivity contribution in [2.75, 3.05) is 0 Å². The van der Waals surface area contributed by atoms with Gasteiger partial charge >= 0.3 is 0 Å². The first-order valence-electron chi connectivity index (χ1n) is 10.3. The van der Waals surface area contributed by atoms with Gasteiger partial charge in [0, 0.05) is 34.0 Å². The van der Waals surface area contributed by atoms with Gasteiger partial charge in [-0.15, -0.1) is 0 Å². The number of H-pyrrole nitrogens is 1. The van der Waals surface area contributed by atoms with Crippen molar-refractivity contribution in [2.24, 2.45) is 11.3 Å². The highest BCUT2D eigenvalue weighted by Gasteiger charge is 2.67. The van der Waals surface area contributed by atoms with Gasteiger partial charge in [-0.3, -0.25) is 4.79 Å². The number of benzene rings is 1. The Labute approximate surface area is 162 Å². The van der Waals surface area contributed by atoms with E-state index in [1.807, 2.05) is 13.8 Å². The van der Waals surface area contributed by atoms with E-state index in [2.05, 4.69) is 22.3 Å². The number of nitrogens with zero attached hydrogens (tertiary/aromatic N) is 2. The van der Waals surface area contributed by atoms with Crippen LogP contribution in [0.15, 0.2) is 22.2 Å². The van der Waals surface area contributed by atoms with Crippen LogP contribution >= 0.6 is 0 Å². The molecule has 3 aromatic rings. The van der Waals surface area contributed by atoms with Crippen molar-refractivity contribution in [2.45, 2.75) is 51.9 Å². The predicted octanol–water partition coefficient (Wildman–Crippen LogP) is 4.85. The second-order valence-electron chi connectivity index (χ2n) is 9.15. The maximum atomic E-state index is 12.8. The van der Waals surface area contributed by atoms with Crippen molar-refractivity contribution in [1.29, 1.82) is 0 Å². The number of carbonyl (C=O) groups is 1. The van der Waals surface area contributed by atoms with Crippen molar-refractivity contribution in [3.05, 3.63) is 40.5 Å². The molecule has 2 heterocycles. The molecule has 2 unspecified atom stereocenters. The van der Waals surface area contributed by atoms with Gasteiger partial charge in [0.25, 0.3) is 0 Å². The first-order chi connectivity index (χ1) is 13.6. The molecule has 4 aliphatic rings. The Hall–Kier alpha value is -2.69. The number of hydrogen-bond acceptors (Lipinski definition) is 4. The van der Waals surface area contributed by atoms with E-state index in [1.165, 1.54) is 18.4 Å². The number of hydrogen-bond donors (Lipinski definition) is 1.